The zero-order chi connectivity index (χ0) is 26.1. The highest BCUT2D eigenvalue weighted by atomic mass is 16.8. The summed E-state index contributed by atoms with van der Waals surface area (Å²) in [4.78, 5) is 30.4. The minimum Gasteiger partial charge on any atom is -0.462 e. The van der Waals surface area contributed by atoms with E-state index < -0.39 is 6.16 Å². The number of methoxy groups -OCH3 is 1. The number of carbonyl (C=O) groups is 2. The number of anilines is 1. The number of amidine groups is 1. The van der Waals surface area contributed by atoms with E-state index in [1.54, 1.807) is 30.9 Å². The van der Waals surface area contributed by atoms with Crippen molar-refractivity contribution in [1.82, 2.24) is 9.78 Å². The Balaban J connectivity index is 1.85. The molecule has 3 rings (SSSR count). The average Bonchev–Trinajstić information content (AvgIpc) is 3.29. The lowest BCUT2D eigenvalue weighted by atomic mass is 9.98. The Morgan fingerprint density at radius 1 is 1.08 bits per heavy atom. The molecule has 10 nitrogen and oxygen atoms in total. The van der Waals surface area contributed by atoms with E-state index in [0.717, 1.165) is 29.7 Å². The third-order valence-corrected chi connectivity index (χ3v) is 5.32. The van der Waals surface area contributed by atoms with Crippen molar-refractivity contribution in [2.45, 2.75) is 26.8 Å². The van der Waals surface area contributed by atoms with Gasteiger partial charge in [0.2, 0.25) is 0 Å². The molecule has 0 aliphatic heterocycles. The minimum absolute atomic E-state index is 0.0517. The molecule has 0 unspecified atom stereocenters. The predicted octanol–water partition coefficient (Wildman–Crippen LogP) is 4.08. The van der Waals surface area contributed by atoms with Gasteiger partial charge in [-0.15, -0.1) is 0 Å². The highest BCUT2D eigenvalue weighted by Crippen LogP contribution is 2.26. The second kappa shape index (κ2) is 12.4. The van der Waals surface area contributed by atoms with Crippen LogP contribution in [0, 0.1) is 0 Å². The molecule has 0 radical (unpaired) electrons. The number of oxime groups is 1. The van der Waals surface area contributed by atoms with Crippen molar-refractivity contribution in [3.63, 3.8) is 0 Å². The van der Waals surface area contributed by atoms with Gasteiger partial charge in [0, 0.05) is 31.9 Å². The van der Waals surface area contributed by atoms with Crippen LogP contribution < -0.4 is 10.6 Å². The third kappa shape index (κ3) is 6.41. The molecule has 0 bridgehead atoms. The Morgan fingerprint density at radius 3 is 2.47 bits per heavy atom. The summed E-state index contributed by atoms with van der Waals surface area (Å²) in [7, 11) is 2.98. The van der Waals surface area contributed by atoms with Crippen molar-refractivity contribution in [2.24, 2.45) is 17.9 Å². The quantitative estimate of drug-likeness (QED) is 0.147. The molecule has 10 heteroatoms. The van der Waals surface area contributed by atoms with Crippen LogP contribution in [0.2, 0.25) is 0 Å². The highest BCUT2D eigenvalue weighted by molar-refractivity contribution is 6.03. The molecule has 0 atom stereocenters. The normalized spacial score (nSPS) is 11.2. The first-order valence-corrected chi connectivity index (χ1v) is 11.6. The molecular weight excluding hydrogens is 462 g/mol. The summed E-state index contributed by atoms with van der Waals surface area (Å²) in [6.07, 6.45) is 1.62. The Kier molecular flexibility index (Phi) is 9.04. The second-order valence-electron chi connectivity index (χ2n) is 7.95. The minimum atomic E-state index is -0.949. The van der Waals surface area contributed by atoms with Gasteiger partial charge in [0.15, 0.2) is 11.7 Å². The molecule has 0 fully saturated rings. The molecule has 3 aromatic rings. The third-order valence-electron chi connectivity index (χ3n) is 5.32. The fourth-order valence-electron chi connectivity index (χ4n) is 3.73. The predicted molar refractivity (Wildman–Crippen MR) is 137 cm³/mol. The van der Waals surface area contributed by atoms with Gasteiger partial charge in [0.1, 0.15) is 5.56 Å². The SMILES string of the molecule is CCCN(Cc1ccc(-c2ccccc2C(N)=NOC(=O)OC)cc1)c1nn(C)cc1C(=O)OCC. The van der Waals surface area contributed by atoms with Crippen molar-refractivity contribution in [3.05, 3.63) is 71.4 Å². The summed E-state index contributed by atoms with van der Waals surface area (Å²) in [6, 6.07) is 15.4. The van der Waals surface area contributed by atoms with Gasteiger partial charge in [-0.2, -0.15) is 5.10 Å². The summed E-state index contributed by atoms with van der Waals surface area (Å²) in [5.74, 6) is 0.266. The molecule has 1 heterocycles. The fourth-order valence-corrected chi connectivity index (χ4v) is 3.73. The number of benzene rings is 2. The summed E-state index contributed by atoms with van der Waals surface area (Å²) < 4.78 is 11.3. The Bertz CT molecular complexity index is 1220. The summed E-state index contributed by atoms with van der Waals surface area (Å²) in [6.45, 7) is 5.45. The lowest BCUT2D eigenvalue weighted by Crippen LogP contribution is -2.26. The van der Waals surface area contributed by atoms with Crippen LogP contribution >= 0.6 is 0 Å². The smallest absolute Gasteiger partial charge is 0.462 e. The average molecular weight is 494 g/mol. The second-order valence-corrected chi connectivity index (χ2v) is 7.95. The first-order chi connectivity index (χ1) is 17.4. The van der Waals surface area contributed by atoms with Gasteiger partial charge in [-0.1, -0.05) is 60.6 Å². The number of nitrogens with zero attached hydrogens (tertiary/aromatic N) is 4. The molecule has 0 amide bonds. The van der Waals surface area contributed by atoms with Gasteiger partial charge in [0.25, 0.3) is 0 Å². The van der Waals surface area contributed by atoms with Crippen LogP contribution in [0.15, 0.2) is 59.9 Å². The summed E-state index contributed by atoms with van der Waals surface area (Å²) >= 11 is 0. The molecule has 1 aromatic heterocycles. The molecule has 0 aliphatic rings. The zero-order valence-corrected chi connectivity index (χ0v) is 20.9. The number of carbonyl (C=O) groups excluding carboxylic acids is 2. The number of aromatic nitrogens is 2. The lowest BCUT2D eigenvalue weighted by molar-refractivity contribution is 0.0526. The number of esters is 1. The molecule has 0 aliphatic carbocycles. The number of ether oxygens (including phenoxy) is 2. The van der Waals surface area contributed by atoms with Crippen molar-refractivity contribution in [3.8, 4) is 11.1 Å². The summed E-state index contributed by atoms with van der Waals surface area (Å²) in [5.41, 5.74) is 9.91. The zero-order valence-electron chi connectivity index (χ0n) is 20.9. The van der Waals surface area contributed by atoms with Crippen molar-refractivity contribution < 1.29 is 23.9 Å². The first-order valence-electron chi connectivity index (χ1n) is 11.6. The molecule has 2 N–H and O–H groups in total. The topological polar surface area (TPSA) is 121 Å². The van der Waals surface area contributed by atoms with E-state index in [4.69, 9.17) is 10.5 Å². The maximum absolute atomic E-state index is 12.5. The van der Waals surface area contributed by atoms with E-state index in [0.29, 0.717) is 30.1 Å². The van der Waals surface area contributed by atoms with Crippen LogP contribution in [0.1, 0.15) is 41.8 Å². The maximum atomic E-state index is 12.5. The fraction of sp³-hybridized carbons (Fsp3) is 0.308. The molecule has 0 spiro atoms. The number of hydrogen-bond donors (Lipinski definition) is 1. The van der Waals surface area contributed by atoms with Gasteiger partial charge in [0.05, 0.1) is 13.7 Å². The number of rotatable bonds is 10. The largest absolute Gasteiger partial charge is 0.534 e. The highest BCUT2D eigenvalue weighted by Gasteiger charge is 2.22. The van der Waals surface area contributed by atoms with E-state index >= 15 is 0 Å². The lowest BCUT2D eigenvalue weighted by Gasteiger charge is -2.23. The standard InChI is InChI=1S/C26H31N5O5/c1-5-15-31(24-22(17-30(3)28-24)25(32)35-6-2)16-18-11-13-19(14-12-18)20-9-7-8-10-21(20)23(27)29-36-26(33)34-4/h7-14,17H,5-6,15-16H2,1-4H3,(H2,27,29). The molecule has 0 saturated carbocycles. The van der Waals surface area contributed by atoms with Crippen LogP contribution in [0.25, 0.3) is 11.1 Å². The van der Waals surface area contributed by atoms with Gasteiger partial charge in [-0.3, -0.25) is 9.52 Å². The first kappa shape index (κ1) is 26.3. The van der Waals surface area contributed by atoms with Crippen LogP contribution in [0.5, 0.6) is 0 Å². The number of hydrogen-bond acceptors (Lipinski definition) is 8. The number of aryl methyl sites for hydroxylation is 1. The van der Waals surface area contributed by atoms with Crippen LogP contribution in [-0.4, -0.2) is 48.0 Å². The van der Waals surface area contributed by atoms with Crippen molar-refractivity contribution >= 4 is 23.8 Å². The Labute approximate surface area is 210 Å². The van der Waals surface area contributed by atoms with Gasteiger partial charge >= 0.3 is 12.1 Å². The van der Waals surface area contributed by atoms with Gasteiger partial charge in [-0.05, 0) is 30.0 Å². The van der Waals surface area contributed by atoms with E-state index in [1.165, 1.54) is 7.11 Å². The molecule has 0 saturated heterocycles. The van der Waals surface area contributed by atoms with Crippen LogP contribution in [-0.2, 0) is 27.9 Å². The monoisotopic (exact) mass is 493 g/mol. The maximum Gasteiger partial charge on any atom is 0.534 e. The van der Waals surface area contributed by atoms with Gasteiger partial charge in [-0.25, -0.2) is 9.59 Å². The van der Waals surface area contributed by atoms with E-state index in [9.17, 15) is 9.59 Å². The van der Waals surface area contributed by atoms with Crippen LogP contribution in [0.3, 0.4) is 0 Å². The molecular formula is C26H31N5O5. The van der Waals surface area contributed by atoms with E-state index in [-0.39, 0.29) is 11.8 Å². The number of nitrogens with two attached hydrogens (primary N) is 1. The van der Waals surface area contributed by atoms with E-state index in [2.05, 4.69) is 31.7 Å². The summed E-state index contributed by atoms with van der Waals surface area (Å²) in [5, 5.41) is 8.20. The molecule has 2 aromatic carbocycles. The van der Waals surface area contributed by atoms with Gasteiger partial charge < -0.3 is 20.1 Å². The molecule has 190 valence electrons. The molecule has 36 heavy (non-hydrogen) atoms. The Morgan fingerprint density at radius 2 is 1.81 bits per heavy atom. The Hall–Kier alpha value is -4.34. The van der Waals surface area contributed by atoms with Crippen molar-refractivity contribution in [1.29, 1.82) is 0 Å². The van der Waals surface area contributed by atoms with E-state index in [1.807, 2.05) is 42.5 Å². The van der Waals surface area contributed by atoms with Crippen LogP contribution in [0.4, 0.5) is 10.6 Å². The van der Waals surface area contributed by atoms with Crippen molar-refractivity contribution in [2.75, 3.05) is 25.2 Å².